The van der Waals surface area contributed by atoms with Crippen molar-refractivity contribution >= 4 is 23.4 Å². The van der Waals surface area contributed by atoms with Crippen molar-refractivity contribution in [1.82, 2.24) is 9.97 Å². The third-order valence-corrected chi connectivity index (χ3v) is 3.21. The van der Waals surface area contributed by atoms with E-state index in [0.29, 0.717) is 23.2 Å². The Labute approximate surface area is 121 Å². The van der Waals surface area contributed by atoms with Crippen LogP contribution in [0.1, 0.15) is 6.92 Å². The van der Waals surface area contributed by atoms with E-state index in [1.165, 1.54) is 11.8 Å². The number of benzene rings is 1. The van der Waals surface area contributed by atoms with E-state index in [1.54, 1.807) is 18.5 Å². The number of carbonyl (C=O) groups excluding carboxylic acids is 1. The van der Waals surface area contributed by atoms with Crippen LogP contribution in [-0.4, -0.2) is 28.2 Å². The molecule has 1 aromatic heterocycles. The third kappa shape index (κ3) is 4.24. The largest absolute Gasteiger partial charge is 0.492 e. The fourth-order valence-corrected chi connectivity index (χ4v) is 2.13. The van der Waals surface area contributed by atoms with Crippen LogP contribution >= 0.6 is 11.8 Å². The summed E-state index contributed by atoms with van der Waals surface area (Å²) in [6.45, 7) is 2.46. The van der Waals surface area contributed by atoms with Gasteiger partial charge in [-0.3, -0.25) is 4.79 Å². The van der Waals surface area contributed by atoms with Crippen molar-refractivity contribution in [3.05, 3.63) is 42.7 Å². The molecule has 1 amide bonds. The van der Waals surface area contributed by atoms with E-state index in [2.05, 4.69) is 15.3 Å². The third-order valence-electron chi connectivity index (χ3n) is 2.34. The van der Waals surface area contributed by atoms with Crippen molar-refractivity contribution in [3.63, 3.8) is 0 Å². The van der Waals surface area contributed by atoms with Crippen molar-refractivity contribution in [2.24, 2.45) is 0 Å². The van der Waals surface area contributed by atoms with Crippen molar-refractivity contribution in [2.75, 3.05) is 17.7 Å². The van der Waals surface area contributed by atoms with Crippen LogP contribution < -0.4 is 10.1 Å². The van der Waals surface area contributed by atoms with Gasteiger partial charge in [0.25, 0.3) is 0 Å². The summed E-state index contributed by atoms with van der Waals surface area (Å²) in [7, 11) is 0. The van der Waals surface area contributed by atoms with Gasteiger partial charge in [0.2, 0.25) is 5.91 Å². The number of hydrogen-bond acceptors (Lipinski definition) is 5. The minimum atomic E-state index is -0.116. The Morgan fingerprint density at radius 3 is 2.75 bits per heavy atom. The van der Waals surface area contributed by atoms with Crippen LogP contribution in [0.25, 0.3) is 0 Å². The van der Waals surface area contributed by atoms with Crippen LogP contribution in [0.5, 0.6) is 5.75 Å². The van der Waals surface area contributed by atoms with Crippen LogP contribution in [-0.2, 0) is 4.79 Å². The van der Waals surface area contributed by atoms with Gasteiger partial charge in [0.15, 0.2) is 5.16 Å². The summed E-state index contributed by atoms with van der Waals surface area (Å²) in [5, 5.41) is 3.41. The molecule has 0 saturated carbocycles. The Morgan fingerprint density at radius 1 is 1.25 bits per heavy atom. The fourth-order valence-electron chi connectivity index (χ4n) is 1.53. The van der Waals surface area contributed by atoms with Crippen molar-refractivity contribution in [1.29, 1.82) is 0 Å². The van der Waals surface area contributed by atoms with E-state index >= 15 is 0 Å². The maximum atomic E-state index is 11.9. The number of nitrogens with zero attached hydrogens (tertiary/aromatic N) is 2. The SMILES string of the molecule is CCOc1ccccc1NC(=O)CSc1ncccn1. The molecule has 0 unspecified atom stereocenters. The molecule has 1 aromatic carbocycles. The summed E-state index contributed by atoms with van der Waals surface area (Å²) in [4.78, 5) is 20.0. The Morgan fingerprint density at radius 2 is 2.00 bits per heavy atom. The van der Waals surface area contributed by atoms with E-state index in [9.17, 15) is 4.79 Å². The quantitative estimate of drug-likeness (QED) is 0.654. The number of aromatic nitrogens is 2. The summed E-state index contributed by atoms with van der Waals surface area (Å²) >= 11 is 1.29. The molecule has 1 heterocycles. The topological polar surface area (TPSA) is 64.1 Å². The molecule has 0 bridgehead atoms. The Hall–Kier alpha value is -2.08. The number of nitrogens with one attached hydrogen (secondary N) is 1. The number of ether oxygens (including phenoxy) is 1. The van der Waals surface area contributed by atoms with Gasteiger partial charge in [-0.25, -0.2) is 9.97 Å². The van der Waals surface area contributed by atoms with Gasteiger partial charge in [0.05, 0.1) is 18.0 Å². The first kappa shape index (κ1) is 14.3. The molecule has 0 saturated heterocycles. The average Bonchev–Trinajstić information content (AvgIpc) is 2.49. The first-order chi connectivity index (χ1) is 9.79. The second-order valence-electron chi connectivity index (χ2n) is 3.80. The summed E-state index contributed by atoms with van der Waals surface area (Å²) in [5.74, 6) is 0.809. The molecule has 0 aliphatic heterocycles. The number of rotatable bonds is 6. The summed E-state index contributed by atoms with van der Waals surface area (Å²) in [5.41, 5.74) is 0.675. The molecule has 6 heteroatoms. The first-order valence-electron chi connectivity index (χ1n) is 6.21. The van der Waals surface area contributed by atoms with Gasteiger partial charge in [0.1, 0.15) is 5.75 Å². The lowest BCUT2D eigenvalue weighted by Crippen LogP contribution is -2.15. The second kappa shape index (κ2) is 7.49. The minimum absolute atomic E-state index is 0.116. The molecule has 0 atom stereocenters. The highest BCUT2D eigenvalue weighted by Crippen LogP contribution is 2.24. The van der Waals surface area contributed by atoms with Crippen LogP contribution in [0, 0.1) is 0 Å². The standard InChI is InChI=1S/C14H15N3O2S/c1-2-19-12-7-4-3-6-11(12)17-13(18)10-20-14-15-8-5-9-16-14/h3-9H,2,10H2,1H3,(H,17,18). The summed E-state index contributed by atoms with van der Waals surface area (Å²) in [6, 6.07) is 9.10. The molecular formula is C14H15N3O2S. The number of thioether (sulfide) groups is 1. The molecule has 104 valence electrons. The molecule has 1 N–H and O–H groups in total. The number of amides is 1. The number of hydrogen-bond donors (Lipinski definition) is 1. The number of anilines is 1. The molecule has 2 rings (SSSR count). The maximum Gasteiger partial charge on any atom is 0.234 e. The van der Waals surface area contributed by atoms with E-state index in [0.717, 1.165) is 0 Å². The predicted octanol–water partition coefficient (Wildman–Crippen LogP) is 2.61. The molecule has 2 aromatic rings. The Kier molecular flexibility index (Phi) is 5.37. The molecule has 5 nitrogen and oxygen atoms in total. The molecule has 0 aliphatic carbocycles. The zero-order valence-electron chi connectivity index (χ0n) is 11.1. The van der Waals surface area contributed by atoms with E-state index in [4.69, 9.17) is 4.74 Å². The zero-order chi connectivity index (χ0) is 14.2. The molecule has 20 heavy (non-hydrogen) atoms. The first-order valence-corrected chi connectivity index (χ1v) is 7.19. The maximum absolute atomic E-state index is 11.9. The van der Waals surface area contributed by atoms with Gasteiger partial charge in [0, 0.05) is 12.4 Å². The smallest absolute Gasteiger partial charge is 0.234 e. The van der Waals surface area contributed by atoms with E-state index in [1.807, 2.05) is 31.2 Å². The zero-order valence-corrected chi connectivity index (χ0v) is 11.9. The van der Waals surface area contributed by atoms with Crippen molar-refractivity contribution < 1.29 is 9.53 Å². The van der Waals surface area contributed by atoms with Crippen molar-refractivity contribution in [3.8, 4) is 5.75 Å². The van der Waals surface area contributed by atoms with Gasteiger partial charge in [-0.1, -0.05) is 23.9 Å². The minimum Gasteiger partial charge on any atom is -0.492 e. The van der Waals surface area contributed by atoms with E-state index < -0.39 is 0 Å². The Bertz CT molecular complexity index is 563. The molecular weight excluding hydrogens is 274 g/mol. The highest BCUT2D eigenvalue weighted by atomic mass is 32.2. The van der Waals surface area contributed by atoms with Crippen LogP contribution in [0.15, 0.2) is 47.9 Å². The lowest BCUT2D eigenvalue weighted by Gasteiger charge is -2.10. The van der Waals surface area contributed by atoms with Gasteiger partial charge >= 0.3 is 0 Å². The van der Waals surface area contributed by atoms with Gasteiger partial charge in [-0.15, -0.1) is 0 Å². The molecule has 0 aliphatic rings. The average molecular weight is 289 g/mol. The van der Waals surface area contributed by atoms with Gasteiger partial charge in [-0.05, 0) is 25.1 Å². The predicted molar refractivity (Wildman–Crippen MR) is 79.0 cm³/mol. The highest BCUT2D eigenvalue weighted by Gasteiger charge is 2.08. The van der Waals surface area contributed by atoms with Gasteiger partial charge in [-0.2, -0.15) is 0 Å². The normalized spacial score (nSPS) is 10.1. The lowest BCUT2D eigenvalue weighted by molar-refractivity contribution is -0.113. The highest BCUT2D eigenvalue weighted by molar-refractivity contribution is 7.99. The van der Waals surface area contributed by atoms with E-state index in [-0.39, 0.29) is 11.7 Å². The second-order valence-corrected chi connectivity index (χ2v) is 4.74. The monoisotopic (exact) mass is 289 g/mol. The van der Waals surface area contributed by atoms with Crippen LogP contribution in [0.3, 0.4) is 0 Å². The molecule has 0 fully saturated rings. The summed E-state index contributed by atoms with van der Waals surface area (Å²) < 4.78 is 5.45. The fraction of sp³-hybridized carbons (Fsp3) is 0.214. The lowest BCUT2D eigenvalue weighted by atomic mass is 10.3. The van der Waals surface area contributed by atoms with Crippen molar-refractivity contribution in [2.45, 2.75) is 12.1 Å². The van der Waals surface area contributed by atoms with Crippen LogP contribution in [0.2, 0.25) is 0 Å². The molecule has 0 spiro atoms. The summed E-state index contributed by atoms with van der Waals surface area (Å²) in [6.07, 6.45) is 3.30. The number of carbonyl (C=O) groups is 1. The number of para-hydroxylation sites is 2. The van der Waals surface area contributed by atoms with Crippen LogP contribution in [0.4, 0.5) is 5.69 Å². The Balaban J connectivity index is 1.91. The van der Waals surface area contributed by atoms with Gasteiger partial charge < -0.3 is 10.1 Å². The molecule has 0 radical (unpaired) electrons.